The maximum Gasteiger partial charge on any atom is 0.0493 e. The Hall–Kier alpha value is -0.0862. The van der Waals surface area contributed by atoms with Gasteiger partial charge in [-0.25, -0.2) is 0 Å². The lowest BCUT2D eigenvalue weighted by Gasteiger charge is -2.39. The molecule has 0 heterocycles. The highest BCUT2D eigenvalue weighted by Crippen LogP contribution is 2.41. The molecule has 0 aromatic heterocycles. The van der Waals surface area contributed by atoms with Crippen LogP contribution in [-0.2, 0) is 0 Å². The fourth-order valence-corrected chi connectivity index (χ4v) is 16.0. The molecule has 86 valence electrons. The van der Waals surface area contributed by atoms with E-state index >= 15 is 0 Å². The van der Waals surface area contributed by atoms with Gasteiger partial charge in [0.1, 0.15) is 0 Å². The second-order valence-corrected chi connectivity index (χ2v) is 18.3. The van der Waals surface area contributed by atoms with Crippen molar-refractivity contribution in [2.75, 3.05) is 0 Å². The molecule has 15 heavy (non-hydrogen) atoms. The molecular formula is C13H26Si2. The van der Waals surface area contributed by atoms with E-state index in [-0.39, 0.29) is 0 Å². The van der Waals surface area contributed by atoms with E-state index in [9.17, 15) is 0 Å². The molecule has 0 saturated heterocycles. The van der Waals surface area contributed by atoms with Crippen LogP contribution in [0.5, 0.6) is 0 Å². The van der Waals surface area contributed by atoms with Crippen LogP contribution in [0.1, 0.15) is 13.3 Å². The second-order valence-electron chi connectivity index (χ2n) is 7.06. The van der Waals surface area contributed by atoms with Gasteiger partial charge in [-0.15, -0.1) is 0 Å². The lowest BCUT2D eigenvalue weighted by Crippen LogP contribution is -2.44. The molecule has 0 unspecified atom stereocenters. The van der Waals surface area contributed by atoms with Crippen LogP contribution in [0.25, 0.3) is 0 Å². The van der Waals surface area contributed by atoms with Gasteiger partial charge < -0.3 is 0 Å². The lowest BCUT2D eigenvalue weighted by atomic mass is 10.3. The van der Waals surface area contributed by atoms with Crippen LogP contribution < -0.4 is 0 Å². The van der Waals surface area contributed by atoms with Crippen molar-refractivity contribution < 1.29 is 0 Å². The van der Waals surface area contributed by atoms with Crippen LogP contribution in [0.3, 0.4) is 0 Å². The van der Waals surface area contributed by atoms with Gasteiger partial charge in [0, 0.05) is 16.1 Å². The van der Waals surface area contributed by atoms with Crippen molar-refractivity contribution in [1.82, 2.24) is 0 Å². The first kappa shape index (κ1) is 13.0. The third-order valence-corrected chi connectivity index (χ3v) is 12.5. The summed E-state index contributed by atoms with van der Waals surface area (Å²) < 4.78 is 0. The largest absolute Gasteiger partial charge is 0.0775 e. The first-order chi connectivity index (χ1) is 6.62. The van der Waals surface area contributed by atoms with Gasteiger partial charge in [-0.3, -0.25) is 0 Å². The summed E-state index contributed by atoms with van der Waals surface area (Å²) in [6, 6.07) is 0. The Morgan fingerprint density at radius 1 is 1.00 bits per heavy atom. The van der Waals surface area contributed by atoms with Gasteiger partial charge in [0.2, 0.25) is 0 Å². The minimum atomic E-state index is -1.07. The second kappa shape index (κ2) is 4.06. The molecule has 0 atom stereocenters. The van der Waals surface area contributed by atoms with Crippen molar-refractivity contribution in [2.45, 2.75) is 57.8 Å². The topological polar surface area (TPSA) is 0 Å². The highest BCUT2D eigenvalue weighted by molar-refractivity contribution is 6.97. The molecule has 0 spiro atoms. The lowest BCUT2D eigenvalue weighted by molar-refractivity contribution is 1.22. The van der Waals surface area contributed by atoms with Gasteiger partial charge in [0.25, 0.3) is 0 Å². The van der Waals surface area contributed by atoms with Crippen molar-refractivity contribution in [3.8, 4) is 0 Å². The standard InChI is InChI=1S/C13H26Si2/c1-11-8-9-12(10-11)13(14(2,3)4)15(5,6)7/h9-10,13H,8H2,1-7H3. The van der Waals surface area contributed by atoms with Crippen molar-refractivity contribution in [1.29, 1.82) is 0 Å². The monoisotopic (exact) mass is 238 g/mol. The average molecular weight is 239 g/mol. The number of rotatable bonds is 3. The molecule has 2 heteroatoms. The van der Waals surface area contributed by atoms with E-state index < -0.39 is 16.1 Å². The number of allylic oxidation sites excluding steroid dienone is 4. The molecule has 0 N–H and O–H groups in total. The van der Waals surface area contributed by atoms with Gasteiger partial charge in [0.05, 0.1) is 0 Å². The van der Waals surface area contributed by atoms with Crippen molar-refractivity contribution >= 4 is 16.1 Å². The third-order valence-electron chi connectivity index (χ3n) is 3.14. The molecule has 1 rings (SSSR count). The minimum absolute atomic E-state index is 0.919. The fraction of sp³-hybridized carbons (Fsp3) is 0.692. The van der Waals surface area contributed by atoms with Crippen LogP contribution in [0, 0.1) is 0 Å². The fourth-order valence-electron chi connectivity index (χ4n) is 3.18. The summed E-state index contributed by atoms with van der Waals surface area (Å²) in [6.45, 7) is 17.4. The minimum Gasteiger partial charge on any atom is -0.0775 e. The molecule has 0 aliphatic heterocycles. The third kappa shape index (κ3) is 3.18. The summed E-state index contributed by atoms with van der Waals surface area (Å²) in [5, 5.41) is 0.919. The summed E-state index contributed by atoms with van der Waals surface area (Å²) in [5.41, 5.74) is 3.22. The molecule has 1 aliphatic carbocycles. The SMILES string of the molecule is CC1=CC(C([Si](C)(C)C)[Si](C)(C)C)=CC1. The van der Waals surface area contributed by atoms with Crippen LogP contribution in [0.2, 0.25) is 44.4 Å². The molecule has 0 aromatic carbocycles. The zero-order chi connectivity index (χ0) is 11.9. The molecule has 0 saturated carbocycles. The predicted octanol–water partition coefficient (Wildman–Crippen LogP) is 4.85. The van der Waals surface area contributed by atoms with E-state index in [0.29, 0.717) is 0 Å². The Morgan fingerprint density at radius 3 is 1.73 bits per heavy atom. The highest BCUT2D eigenvalue weighted by Gasteiger charge is 2.39. The van der Waals surface area contributed by atoms with Gasteiger partial charge in [-0.05, 0) is 18.5 Å². The maximum atomic E-state index is 2.53. The van der Waals surface area contributed by atoms with Crippen molar-refractivity contribution in [2.24, 2.45) is 0 Å². The zero-order valence-corrected chi connectivity index (χ0v) is 13.4. The number of hydrogen-bond acceptors (Lipinski definition) is 0. The molecule has 0 bridgehead atoms. The van der Waals surface area contributed by atoms with E-state index in [4.69, 9.17) is 0 Å². The van der Waals surface area contributed by atoms with Gasteiger partial charge in [-0.1, -0.05) is 62.6 Å². The molecular weight excluding hydrogens is 212 g/mol. The van der Waals surface area contributed by atoms with Crippen LogP contribution in [-0.4, -0.2) is 16.1 Å². The predicted molar refractivity (Wildman–Crippen MR) is 76.9 cm³/mol. The van der Waals surface area contributed by atoms with E-state index in [2.05, 4.69) is 58.4 Å². The van der Waals surface area contributed by atoms with Gasteiger partial charge >= 0.3 is 0 Å². The summed E-state index contributed by atoms with van der Waals surface area (Å²) in [4.78, 5) is 0. The maximum absolute atomic E-state index is 2.53. The summed E-state index contributed by atoms with van der Waals surface area (Å²) >= 11 is 0. The Bertz CT molecular complexity index is 283. The smallest absolute Gasteiger partial charge is 0.0493 e. The Kier molecular flexibility index (Phi) is 3.51. The Labute approximate surface area is 97.5 Å². The average Bonchev–Trinajstić information content (AvgIpc) is 2.28. The molecule has 0 aromatic rings. The molecule has 0 radical (unpaired) electrons. The van der Waals surface area contributed by atoms with E-state index in [1.165, 1.54) is 6.42 Å². The van der Waals surface area contributed by atoms with E-state index in [0.717, 1.165) is 5.16 Å². The Morgan fingerprint density at radius 2 is 1.47 bits per heavy atom. The Balaban J connectivity index is 3.04. The number of hydrogen-bond donors (Lipinski definition) is 0. The van der Waals surface area contributed by atoms with Crippen molar-refractivity contribution in [3.05, 3.63) is 23.3 Å². The zero-order valence-electron chi connectivity index (χ0n) is 11.4. The normalized spacial score (nSPS) is 18.1. The van der Waals surface area contributed by atoms with Crippen LogP contribution in [0.4, 0.5) is 0 Å². The van der Waals surface area contributed by atoms with Gasteiger partial charge in [-0.2, -0.15) is 0 Å². The summed E-state index contributed by atoms with van der Waals surface area (Å²) in [5.74, 6) is 0. The van der Waals surface area contributed by atoms with Crippen LogP contribution in [0.15, 0.2) is 23.3 Å². The summed E-state index contributed by atoms with van der Waals surface area (Å²) in [6.07, 6.45) is 6.14. The highest BCUT2D eigenvalue weighted by atomic mass is 28.4. The first-order valence-corrected chi connectivity index (χ1v) is 13.1. The summed E-state index contributed by atoms with van der Waals surface area (Å²) in [7, 11) is -2.14. The quantitative estimate of drug-likeness (QED) is 0.617. The first-order valence-electron chi connectivity index (χ1n) is 5.99. The molecule has 0 nitrogen and oxygen atoms in total. The van der Waals surface area contributed by atoms with Crippen LogP contribution >= 0.6 is 0 Å². The molecule has 0 amide bonds. The molecule has 0 fully saturated rings. The van der Waals surface area contributed by atoms with Crippen molar-refractivity contribution in [3.63, 3.8) is 0 Å². The van der Waals surface area contributed by atoms with E-state index in [1.807, 2.05) is 0 Å². The molecule has 1 aliphatic rings. The van der Waals surface area contributed by atoms with E-state index in [1.54, 1.807) is 11.1 Å². The van der Waals surface area contributed by atoms with Gasteiger partial charge in [0.15, 0.2) is 0 Å².